The van der Waals surface area contributed by atoms with E-state index < -0.39 is 10.0 Å². The maximum Gasteiger partial charge on any atom is 0.284 e. The summed E-state index contributed by atoms with van der Waals surface area (Å²) in [5.41, 5.74) is 7.54. The number of nitrogens with zero attached hydrogens (tertiary/aromatic N) is 3. The van der Waals surface area contributed by atoms with Crippen LogP contribution in [0.5, 0.6) is 0 Å². The summed E-state index contributed by atoms with van der Waals surface area (Å²) < 4.78 is 29.0. The number of sulfonamides is 1. The Balaban J connectivity index is 2.20. The van der Waals surface area contributed by atoms with Gasteiger partial charge in [0.15, 0.2) is 10.8 Å². The van der Waals surface area contributed by atoms with E-state index in [1.165, 1.54) is 15.2 Å². The molecule has 2 aromatic rings. The first kappa shape index (κ1) is 13.9. The van der Waals surface area contributed by atoms with Crippen molar-refractivity contribution in [2.45, 2.75) is 30.8 Å². The molecule has 0 saturated heterocycles. The monoisotopic (exact) mass is 306 g/mol. The van der Waals surface area contributed by atoms with E-state index >= 15 is 0 Å². The molecule has 6 nitrogen and oxygen atoms in total. The third-order valence-corrected chi connectivity index (χ3v) is 5.93. The van der Waals surface area contributed by atoms with E-state index in [1.807, 2.05) is 31.2 Å². The highest BCUT2D eigenvalue weighted by Gasteiger charge is 2.36. The van der Waals surface area contributed by atoms with E-state index in [9.17, 15) is 8.42 Å². The smallest absolute Gasteiger partial charge is 0.284 e. The normalized spacial score (nSPS) is 18.6. The van der Waals surface area contributed by atoms with Crippen molar-refractivity contribution >= 4 is 21.5 Å². The first-order valence-corrected chi connectivity index (χ1v) is 8.26. The summed E-state index contributed by atoms with van der Waals surface area (Å²) in [5.74, 6) is 0.0350. The summed E-state index contributed by atoms with van der Waals surface area (Å²) >= 11 is 0. The van der Waals surface area contributed by atoms with Crippen LogP contribution < -0.4 is 10.0 Å². The summed E-state index contributed by atoms with van der Waals surface area (Å²) in [7, 11) is -2.10. The van der Waals surface area contributed by atoms with Gasteiger partial charge in [0.25, 0.3) is 10.0 Å². The minimum absolute atomic E-state index is 0.0350. The topological polar surface area (TPSA) is 81.2 Å². The quantitative estimate of drug-likeness (QED) is 0.912. The van der Waals surface area contributed by atoms with Crippen molar-refractivity contribution in [2.75, 3.05) is 10.0 Å². The van der Waals surface area contributed by atoms with Crippen LogP contribution in [0.2, 0.25) is 0 Å². The lowest BCUT2D eigenvalue weighted by atomic mass is 9.99. The van der Waals surface area contributed by atoms with Crippen LogP contribution in [-0.4, -0.2) is 24.0 Å². The zero-order valence-corrected chi connectivity index (χ0v) is 12.8. The zero-order valence-electron chi connectivity index (χ0n) is 12.0. The number of hydrogen-bond acceptors (Lipinski definition) is 4. The molecule has 21 heavy (non-hydrogen) atoms. The van der Waals surface area contributed by atoms with E-state index in [-0.39, 0.29) is 16.9 Å². The second-order valence-corrected chi connectivity index (χ2v) is 7.09. The van der Waals surface area contributed by atoms with Crippen molar-refractivity contribution in [2.24, 2.45) is 7.05 Å². The molecule has 1 aromatic heterocycles. The number of benzene rings is 1. The van der Waals surface area contributed by atoms with Crippen LogP contribution >= 0.6 is 0 Å². The van der Waals surface area contributed by atoms with Crippen molar-refractivity contribution < 1.29 is 8.42 Å². The molecule has 0 amide bonds. The van der Waals surface area contributed by atoms with Gasteiger partial charge in [-0.15, -0.1) is 0 Å². The van der Waals surface area contributed by atoms with Crippen molar-refractivity contribution in [3.63, 3.8) is 0 Å². The molecule has 7 heteroatoms. The minimum Gasteiger partial charge on any atom is -0.381 e. The Kier molecular flexibility index (Phi) is 3.16. The van der Waals surface area contributed by atoms with E-state index in [0.29, 0.717) is 0 Å². The molecule has 2 heterocycles. The SMILES string of the molecule is CC1CCc2ccccc2N1S(=O)(=O)c1c(N)ncn1C. The Labute approximate surface area is 124 Å². The maximum atomic E-state index is 13.0. The van der Waals surface area contributed by atoms with Crippen molar-refractivity contribution in [3.8, 4) is 0 Å². The number of rotatable bonds is 2. The molecule has 1 aliphatic heterocycles. The number of nitrogen functional groups attached to an aromatic ring is 1. The zero-order chi connectivity index (χ0) is 15.2. The number of nitrogens with two attached hydrogens (primary N) is 1. The van der Waals surface area contributed by atoms with Gasteiger partial charge >= 0.3 is 0 Å². The van der Waals surface area contributed by atoms with Crippen LogP contribution in [0.15, 0.2) is 35.6 Å². The third-order valence-electron chi connectivity index (χ3n) is 3.87. The number of para-hydroxylation sites is 1. The van der Waals surface area contributed by atoms with Gasteiger partial charge in [-0.3, -0.25) is 4.31 Å². The first-order chi connectivity index (χ1) is 9.93. The predicted octanol–water partition coefficient (Wildman–Crippen LogP) is 1.53. The lowest BCUT2D eigenvalue weighted by Gasteiger charge is -2.35. The van der Waals surface area contributed by atoms with Gasteiger partial charge in [-0.2, -0.15) is 8.42 Å². The molecular weight excluding hydrogens is 288 g/mol. The van der Waals surface area contributed by atoms with Crippen molar-refractivity contribution in [1.82, 2.24) is 9.55 Å². The fraction of sp³-hybridized carbons (Fsp3) is 0.357. The Morgan fingerprint density at radius 2 is 2.05 bits per heavy atom. The third kappa shape index (κ3) is 2.08. The fourth-order valence-electron chi connectivity index (χ4n) is 2.87. The Morgan fingerprint density at radius 1 is 1.33 bits per heavy atom. The molecule has 0 radical (unpaired) electrons. The molecule has 3 rings (SSSR count). The fourth-order valence-corrected chi connectivity index (χ4v) is 4.80. The van der Waals surface area contributed by atoms with E-state index in [1.54, 1.807) is 7.05 Å². The standard InChI is InChI=1S/C14H18N4O2S/c1-10-7-8-11-5-3-4-6-12(11)18(10)21(19,20)14-13(15)16-9-17(14)2/h3-6,9-10H,7-8,15H2,1-2H3. The number of anilines is 2. The highest BCUT2D eigenvalue weighted by Crippen LogP contribution is 2.35. The van der Waals surface area contributed by atoms with Gasteiger partial charge in [0.2, 0.25) is 0 Å². The molecule has 1 aliphatic rings. The molecule has 0 spiro atoms. The molecule has 1 aromatic carbocycles. The van der Waals surface area contributed by atoms with Gasteiger partial charge in [0, 0.05) is 13.1 Å². The number of hydrogen-bond donors (Lipinski definition) is 1. The van der Waals surface area contributed by atoms with Crippen LogP contribution in [0.3, 0.4) is 0 Å². The van der Waals surface area contributed by atoms with Crippen LogP contribution in [-0.2, 0) is 23.5 Å². The largest absolute Gasteiger partial charge is 0.381 e. The molecule has 0 aliphatic carbocycles. The molecule has 0 bridgehead atoms. The van der Waals surface area contributed by atoms with E-state index in [4.69, 9.17) is 5.73 Å². The first-order valence-electron chi connectivity index (χ1n) is 6.82. The summed E-state index contributed by atoms with van der Waals surface area (Å²) in [5, 5.41) is 0.0473. The molecule has 0 saturated carbocycles. The number of aryl methyl sites for hydroxylation is 2. The molecule has 112 valence electrons. The summed E-state index contributed by atoms with van der Waals surface area (Å²) in [4.78, 5) is 3.89. The van der Waals surface area contributed by atoms with E-state index in [2.05, 4.69) is 4.98 Å². The second-order valence-electron chi connectivity index (χ2n) is 5.36. The Bertz CT molecular complexity index is 763. The molecule has 2 N–H and O–H groups in total. The lowest BCUT2D eigenvalue weighted by molar-refractivity contribution is 0.555. The summed E-state index contributed by atoms with van der Waals surface area (Å²) in [6.07, 6.45) is 3.08. The van der Waals surface area contributed by atoms with Crippen LogP contribution in [0.4, 0.5) is 11.5 Å². The van der Waals surface area contributed by atoms with Gasteiger partial charge in [-0.1, -0.05) is 18.2 Å². The second kappa shape index (κ2) is 4.77. The van der Waals surface area contributed by atoms with Crippen LogP contribution in [0.25, 0.3) is 0 Å². The van der Waals surface area contributed by atoms with Crippen molar-refractivity contribution in [3.05, 3.63) is 36.2 Å². The van der Waals surface area contributed by atoms with Gasteiger partial charge in [-0.05, 0) is 31.4 Å². The van der Waals surface area contributed by atoms with Gasteiger partial charge in [-0.25, -0.2) is 4.98 Å². The molecule has 0 fully saturated rings. The average molecular weight is 306 g/mol. The predicted molar refractivity (Wildman–Crippen MR) is 81.5 cm³/mol. The number of imidazole rings is 1. The van der Waals surface area contributed by atoms with Crippen LogP contribution in [0.1, 0.15) is 18.9 Å². The highest BCUT2D eigenvalue weighted by atomic mass is 32.2. The molecule has 1 unspecified atom stereocenters. The Morgan fingerprint density at radius 3 is 2.71 bits per heavy atom. The molecule has 1 atom stereocenters. The van der Waals surface area contributed by atoms with Gasteiger partial charge in [0.1, 0.15) is 0 Å². The maximum absolute atomic E-state index is 13.0. The number of aromatic nitrogens is 2. The average Bonchev–Trinajstić information content (AvgIpc) is 2.78. The lowest BCUT2D eigenvalue weighted by Crippen LogP contribution is -2.42. The van der Waals surface area contributed by atoms with Gasteiger partial charge in [0.05, 0.1) is 12.0 Å². The van der Waals surface area contributed by atoms with Crippen molar-refractivity contribution in [1.29, 1.82) is 0 Å². The summed E-state index contributed by atoms with van der Waals surface area (Å²) in [6.45, 7) is 1.92. The van der Waals surface area contributed by atoms with Crippen LogP contribution in [0, 0.1) is 0 Å². The van der Waals surface area contributed by atoms with E-state index in [0.717, 1.165) is 24.1 Å². The van der Waals surface area contributed by atoms with Gasteiger partial charge < -0.3 is 10.3 Å². The minimum atomic E-state index is -3.73. The Hall–Kier alpha value is -2.02. The molecular formula is C14H18N4O2S. The highest BCUT2D eigenvalue weighted by molar-refractivity contribution is 7.93. The number of fused-ring (bicyclic) bond motifs is 1. The summed E-state index contributed by atoms with van der Waals surface area (Å²) in [6, 6.07) is 7.48.